The Hall–Kier alpha value is -2.97. The van der Waals surface area contributed by atoms with Gasteiger partial charge >= 0.3 is 18.6 Å². The van der Waals surface area contributed by atoms with Gasteiger partial charge < -0.3 is 20.5 Å². The summed E-state index contributed by atoms with van der Waals surface area (Å²) < 4.78 is 29.5. The fourth-order valence-electron chi connectivity index (χ4n) is 3.28. The summed E-state index contributed by atoms with van der Waals surface area (Å²) in [6, 6.07) is 5.53. The molecule has 1 aromatic heterocycles. The lowest BCUT2D eigenvalue weighted by molar-refractivity contribution is -0.142. The van der Waals surface area contributed by atoms with Crippen molar-refractivity contribution in [1.29, 1.82) is 0 Å². The monoisotopic (exact) mass is 379 g/mol. The Labute approximate surface area is 153 Å². The molecule has 7 nitrogen and oxygen atoms in total. The van der Waals surface area contributed by atoms with E-state index in [1.165, 1.54) is 18.3 Å². The van der Waals surface area contributed by atoms with Crippen molar-refractivity contribution in [2.75, 3.05) is 5.32 Å². The van der Waals surface area contributed by atoms with Crippen LogP contribution in [0, 0.1) is 5.92 Å². The maximum atomic E-state index is 12.5. The van der Waals surface area contributed by atoms with E-state index in [9.17, 15) is 18.4 Å². The number of nitrogens with zero attached hydrogens (tertiary/aromatic N) is 1. The van der Waals surface area contributed by atoms with Crippen LogP contribution in [0.2, 0.25) is 0 Å². The molecule has 1 saturated carbocycles. The Bertz CT molecular complexity index is 838. The molecule has 144 valence electrons. The topological polar surface area (TPSA) is 101 Å². The van der Waals surface area contributed by atoms with Gasteiger partial charge in [-0.3, -0.25) is 9.78 Å². The van der Waals surface area contributed by atoms with E-state index in [1.807, 2.05) is 0 Å². The van der Waals surface area contributed by atoms with Gasteiger partial charge in [-0.2, -0.15) is 8.78 Å². The second-order valence-corrected chi connectivity index (χ2v) is 6.37. The number of fused-ring (bicyclic) bond motifs is 1. The second kappa shape index (κ2) is 8.15. The van der Waals surface area contributed by atoms with Crippen LogP contribution in [0.4, 0.5) is 19.3 Å². The molecular weight excluding hydrogens is 360 g/mol. The summed E-state index contributed by atoms with van der Waals surface area (Å²) in [6.07, 6.45) is 3.67. The van der Waals surface area contributed by atoms with E-state index in [0.29, 0.717) is 36.8 Å². The first kappa shape index (κ1) is 18.8. The maximum Gasteiger partial charge on any atom is 0.387 e. The Morgan fingerprint density at radius 1 is 1.19 bits per heavy atom. The highest BCUT2D eigenvalue weighted by Gasteiger charge is 2.26. The number of carboxylic acid groups (broad SMARTS) is 1. The van der Waals surface area contributed by atoms with Crippen LogP contribution >= 0.6 is 0 Å². The van der Waals surface area contributed by atoms with Crippen LogP contribution in [0.1, 0.15) is 25.7 Å². The molecule has 1 aromatic carbocycles. The van der Waals surface area contributed by atoms with Gasteiger partial charge in [0.1, 0.15) is 5.52 Å². The largest absolute Gasteiger partial charge is 0.481 e. The highest BCUT2D eigenvalue weighted by atomic mass is 19.3. The molecule has 1 heterocycles. The number of aliphatic carboxylic acids is 1. The number of rotatable bonds is 5. The van der Waals surface area contributed by atoms with E-state index in [0.717, 1.165) is 0 Å². The molecule has 3 rings (SSSR count). The van der Waals surface area contributed by atoms with Crippen LogP contribution in [-0.4, -0.2) is 34.7 Å². The number of aromatic nitrogens is 1. The van der Waals surface area contributed by atoms with E-state index >= 15 is 0 Å². The van der Waals surface area contributed by atoms with Crippen LogP contribution in [0.15, 0.2) is 30.5 Å². The number of anilines is 1. The van der Waals surface area contributed by atoms with Gasteiger partial charge in [-0.15, -0.1) is 0 Å². The van der Waals surface area contributed by atoms with E-state index in [1.54, 1.807) is 12.1 Å². The minimum Gasteiger partial charge on any atom is -0.481 e. The minimum atomic E-state index is -2.97. The molecule has 0 unspecified atom stereocenters. The Balaban J connectivity index is 1.68. The summed E-state index contributed by atoms with van der Waals surface area (Å²) in [7, 11) is 0. The summed E-state index contributed by atoms with van der Waals surface area (Å²) in [5.74, 6) is -1.23. The molecule has 0 radical (unpaired) electrons. The molecule has 1 fully saturated rings. The molecule has 9 heteroatoms. The molecule has 27 heavy (non-hydrogen) atoms. The van der Waals surface area contributed by atoms with Crippen molar-refractivity contribution >= 4 is 28.6 Å². The number of alkyl halides is 2. The normalized spacial score (nSPS) is 19.7. The number of pyridine rings is 1. The zero-order chi connectivity index (χ0) is 19.4. The third-order valence-corrected chi connectivity index (χ3v) is 4.61. The predicted molar refractivity (Wildman–Crippen MR) is 93.9 cm³/mol. The van der Waals surface area contributed by atoms with Crippen molar-refractivity contribution in [1.82, 2.24) is 10.3 Å². The fourth-order valence-corrected chi connectivity index (χ4v) is 3.28. The predicted octanol–water partition coefficient (Wildman–Crippen LogP) is 3.60. The van der Waals surface area contributed by atoms with Crippen molar-refractivity contribution in [2.45, 2.75) is 38.3 Å². The maximum absolute atomic E-state index is 12.5. The zero-order valence-electron chi connectivity index (χ0n) is 14.3. The van der Waals surface area contributed by atoms with Crippen LogP contribution in [0.5, 0.6) is 5.75 Å². The molecule has 2 amide bonds. The van der Waals surface area contributed by atoms with Crippen molar-refractivity contribution in [3.05, 3.63) is 30.5 Å². The molecule has 0 aliphatic heterocycles. The Kier molecular flexibility index (Phi) is 5.68. The molecule has 2 aromatic rings. The lowest BCUT2D eigenvalue weighted by Crippen LogP contribution is -2.41. The lowest BCUT2D eigenvalue weighted by Gasteiger charge is -2.27. The van der Waals surface area contributed by atoms with Crippen molar-refractivity contribution < 1.29 is 28.2 Å². The van der Waals surface area contributed by atoms with Crippen LogP contribution in [0.25, 0.3) is 10.9 Å². The summed E-state index contributed by atoms with van der Waals surface area (Å²) in [5, 5.41) is 15.0. The van der Waals surface area contributed by atoms with Crippen molar-refractivity contribution in [3.8, 4) is 5.75 Å². The zero-order valence-corrected chi connectivity index (χ0v) is 14.3. The molecule has 1 aliphatic carbocycles. The molecular formula is C18H19F2N3O4. The minimum absolute atomic E-state index is 0.0708. The van der Waals surface area contributed by atoms with Gasteiger partial charge in [-0.05, 0) is 49.9 Å². The number of hydrogen-bond acceptors (Lipinski definition) is 4. The number of benzene rings is 1. The van der Waals surface area contributed by atoms with Crippen LogP contribution < -0.4 is 15.4 Å². The summed E-state index contributed by atoms with van der Waals surface area (Å²) in [5.41, 5.74) is 0.633. The lowest BCUT2D eigenvalue weighted by atomic mass is 9.86. The third kappa shape index (κ3) is 4.60. The Morgan fingerprint density at radius 2 is 1.93 bits per heavy atom. The van der Waals surface area contributed by atoms with Crippen molar-refractivity contribution in [3.63, 3.8) is 0 Å². The standard InChI is InChI=1S/C18H19F2N3O4/c19-17(20)27-14-8-7-13(12-2-1-9-21-15(12)14)23-18(26)22-11-5-3-10(4-6-11)16(24)25/h1-2,7-11,17H,3-6H2,(H,24,25)(H2,22,23,26). The van der Waals surface area contributed by atoms with Gasteiger partial charge in [0.2, 0.25) is 0 Å². The van der Waals surface area contributed by atoms with Crippen LogP contribution in [0.3, 0.4) is 0 Å². The molecule has 0 spiro atoms. The van der Waals surface area contributed by atoms with Gasteiger partial charge in [0, 0.05) is 17.6 Å². The third-order valence-electron chi connectivity index (χ3n) is 4.61. The number of urea groups is 1. The number of nitrogens with one attached hydrogen (secondary N) is 2. The first-order chi connectivity index (χ1) is 12.9. The summed E-state index contributed by atoms with van der Waals surface area (Å²) >= 11 is 0. The second-order valence-electron chi connectivity index (χ2n) is 6.37. The fraction of sp³-hybridized carbons (Fsp3) is 0.389. The number of halogens is 2. The molecule has 0 bridgehead atoms. The van der Waals surface area contributed by atoms with Crippen molar-refractivity contribution in [2.24, 2.45) is 5.92 Å². The van der Waals surface area contributed by atoms with E-state index < -0.39 is 18.6 Å². The Morgan fingerprint density at radius 3 is 2.59 bits per heavy atom. The van der Waals surface area contributed by atoms with E-state index in [-0.39, 0.29) is 23.2 Å². The van der Waals surface area contributed by atoms with Gasteiger partial charge in [-0.1, -0.05) is 0 Å². The van der Waals surface area contributed by atoms with Gasteiger partial charge in [0.25, 0.3) is 0 Å². The number of carboxylic acids is 1. The van der Waals surface area contributed by atoms with Gasteiger partial charge in [0.05, 0.1) is 11.6 Å². The summed E-state index contributed by atoms with van der Waals surface area (Å²) in [6.45, 7) is -2.97. The van der Waals surface area contributed by atoms with E-state index in [4.69, 9.17) is 5.11 Å². The molecule has 3 N–H and O–H groups in total. The number of carbonyl (C=O) groups excluding carboxylic acids is 1. The number of hydrogen-bond donors (Lipinski definition) is 3. The smallest absolute Gasteiger partial charge is 0.387 e. The number of amides is 2. The molecule has 0 saturated heterocycles. The number of ether oxygens (including phenoxy) is 1. The highest BCUT2D eigenvalue weighted by molar-refractivity contribution is 6.02. The first-order valence-electron chi connectivity index (χ1n) is 8.57. The summed E-state index contributed by atoms with van der Waals surface area (Å²) in [4.78, 5) is 27.3. The quantitative estimate of drug-likeness (QED) is 0.737. The molecule has 1 aliphatic rings. The van der Waals surface area contributed by atoms with Gasteiger partial charge in [-0.25, -0.2) is 4.79 Å². The highest BCUT2D eigenvalue weighted by Crippen LogP contribution is 2.31. The average Bonchev–Trinajstić information content (AvgIpc) is 2.64. The average molecular weight is 379 g/mol. The molecule has 0 atom stereocenters. The van der Waals surface area contributed by atoms with Gasteiger partial charge in [0.15, 0.2) is 5.75 Å². The first-order valence-corrected chi connectivity index (χ1v) is 8.57. The SMILES string of the molecule is O=C(Nc1ccc(OC(F)F)c2ncccc12)NC1CCC(C(=O)O)CC1. The number of carbonyl (C=O) groups is 2. The van der Waals surface area contributed by atoms with Crippen LogP contribution in [-0.2, 0) is 4.79 Å². The van der Waals surface area contributed by atoms with E-state index in [2.05, 4.69) is 20.4 Å².